The number of hydrogen-bond donors (Lipinski definition) is 1. The van der Waals surface area contributed by atoms with Gasteiger partial charge >= 0.3 is 0 Å². The number of para-hydroxylation sites is 2. The zero-order valence-electron chi connectivity index (χ0n) is 11.7. The molecule has 0 heterocycles. The molecule has 0 aliphatic carbocycles. The number of hydrogen-bond acceptors (Lipinski definition) is 3. The summed E-state index contributed by atoms with van der Waals surface area (Å²) in [7, 11) is 0. The lowest BCUT2D eigenvalue weighted by Gasteiger charge is -2.05. The van der Waals surface area contributed by atoms with Crippen LogP contribution >= 0.6 is 0 Å². The Hall–Kier alpha value is -2.46. The number of amides is 1. The molecule has 2 aromatic rings. The van der Waals surface area contributed by atoms with Gasteiger partial charge in [0.15, 0.2) is 0 Å². The van der Waals surface area contributed by atoms with Gasteiger partial charge < -0.3 is 10.1 Å². The third-order valence-electron chi connectivity index (χ3n) is 2.68. The minimum Gasteiger partial charge on any atom is -0.371 e. The first-order valence-corrected chi connectivity index (χ1v) is 6.85. The van der Waals surface area contributed by atoms with Crippen molar-refractivity contribution in [3.05, 3.63) is 60.7 Å². The molecule has 0 atom stereocenters. The molecule has 0 bridgehead atoms. The molecular formula is C17H18N2O2. The quantitative estimate of drug-likeness (QED) is 0.624. The van der Waals surface area contributed by atoms with Crippen LogP contribution in [0.1, 0.15) is 6.42 Å². The molecule has 0 aliphatic heterocycles. The summed E-state index contributed by atoms with van der Waals surface area (Å²) in [4.78, 5) is 15.9. The molecule has 0 saturated heterocycles. The van der Waals surface area contributed by atoms with Crippen LogP contribution in [-0.2, 0) is 9.53 Å². The Morgan fingerprint density at radius 2 is 1.71 bits per heavy atom. The molecule has 0 fully saturated rings. The summed E-state index contributed by atoms with van der Waals surface area (Å²) < 4.78 is 5.30. The van der Waals surface area contributed by atoms with Gasteiger partial charge in [0.2, 0.25) is 5.91 Å². The number of nitrogens with zero attached hydrogens (tertiary/aromatic N) is 1. The molecule has 4 nitrogen and oxygen atoms in total. The highest BCUT2D eigenvalue weighted by Crippen LogP contribution is 2.08. The van der Waals surface area contributed by atoms with E-state index in [-0.39, 0.29) is 12.5 Å². The first kappa shape index (κ1) is 14.9. The van der Waals surface area contributed by atoms with Crippen molar-refractivity contribution >= 4 is 23.5 Å². The van der Waals surface area contributed by atoms with Crippen molar-refractivity contribution in [3.8, 4) is 0 Å². The van der Waals surface area contributed by atoms with Crippen molar-refractivity contribution in [1.82, 2.24) is 0 Å². The van der Waals surface area contributed by atoms with Gasteiger partial charge in [0.1, 0.15) is 6.61 Å². The van der Waals surface area contributed by atoms with E-state index >= 15 is 0 Å². The van der Waals surface area contributed by atoms with Crippen molar-refractivity contribution in [2.24, 2.45) is 4.99 Å². The lowest BCUT2D eigenvalue weighted by Crippen LogP contribution is -2.18. The third kappa shape index (κ3) is 6.01. The molecule has 2 rings (SSSR count). The van der Waals surface area contributed by atoms with E-state index in [1.165, 1.54) is 0 Å². The van der Waals surface area contributed by atoms with Gasteiger partial charge in [0, 0.05) is 18.3 Å². The Kier molecular flexibility index (Phi) is 6.16. The summed E-state index contributed by atoms with van der Waals surface area (Å²) in [6.07, 6.45) is 2.47. The Morgan fingerprint density at radius 1 is 1.05 bits per heavy atom. The maximum atomic E-state index is 11.6. The van der Waals surface area contributed by atoms with Crippen LogP contribution in [0.2, 0.25) is 0 Å². The van der Waals surface area contributed by atoms with Crippen LogP contribution in [0.15, 0.2) is 65.7 Å². The molecule has 108 valence electrons. The second-order valence-electron chi connectivity index (χ2n) is 4.40. The lowest BCUT2D eigenvalue weighted by atomic mass is 10.3. The van der Waals surface area contributed by atoms with Gasteiger partial charge in [-0.05, 0) is 24.3 Å². The molecular weight excluding hydrogens is 264 g/mol. The van der Waals surface area contributed by atoms with E-state index in [0.717, 1.165) is 11.4 Å². The van der Waals surface area contributed by atoms with E-state index in [4.69, 9.17) is 4.74 Å². The van der Waals surface area contributed by atoms with E-state index in [9.17, 15) is 4.79 Å². The van der Waals surface area contributed by atoms with Crippen LogP contribution in [0.25, 0.3) is 0 Å². The molecule has 0 radical (unpaired) electrons. The minimum absolute atomic E-state index is 0.0497. The van der Waals surface area contributed by atoms with Gasteiger partial charge in [-0.15, -0.1) is 0 Å². The van der Waals surface area contributed by atoms with E-state index in [1.807, 2.05) is 60.7 Å². The minimum atomic E-state index is -0.152. The Morgan fingerprint density at radius 3 is 2.43 bits per heavy atom. The first-order valence-electron chi connectivity index (χ1n) is 6.85. The normalized spacial score (nSPS) is 10.7. The summed E-state index contributed by atoms with van der Waals surface area (Å²) in [6.45, 7) is 0.520. The van der Waals surface area contributed by atoms with Gasteiger partial charge in [0.05, 0.1) is 12.3 Å². The maximum absolute atomic E-state index is 11.6. The van der Waals surface area contributed by atoms with Gasteiger partial charge in [-0.3, -0.25) is 9.79 Å². The van der Waals surface area contributed by atoms with E-state index in [2.05, 4.69) is 10.3 Å². The fourth-order valence-electron chi connectivity index (χ4n) is 1.70. The number of carbonyl (C=O) groups is 1. The lowest BCUT2D eigenvalue weighted by molar-refractivity contribution is -0.120. The molecule has 0 spiro atoms. The van der Waals surface area contributed by atoms with Crippen molar-refractivity contribution in [1.29, 1.82) is 0 Å². The fourth-order valence-corrected chi connectivity index (χ4v) is 1.70. The number of nitrogens with one attached hydrogen (secondary N) is 1. The first-order chi connectivity index (χ1) is 10.3. The van der Waals surface area contributed by atoms with Crippen LogP contribution in [-0.4, -0.2) is 25.3 Å². The van der Waals surface area contributed by atoms with E-state index in [0.29, 0.717) is 13.0 Å². The predicted octanol–water partition coefficient (Wildman–Crippen LogP) is 3.43. The standard InChI is InChI=1S/C17H18N2O2/c20-17(19-16-10-5-2-6-11-16)14-21-13-7-12-18-15-8-3-1-4-9-15/h1-6,8-12H,7,13-14H2,(H,19,20). The molecule has 0 saturated carbocycles. The second kappa shape index (κ2) is 8.66. The molecule has 0 unspecified atom stereocenters. The van der Waals surface area contributed by atoms with Gasteiger partial charge in [-0.1, -0.05) is 36.4 Å². The predicted molar refractivity (Wildman–Crippen MR) is 85.1 cm³/mol. The van der Waals surface area contributed by atoms with Crippen molar-refractivity contribution in [2.45, 2.75) is 6.42 Å². The fraction of sp³-hybridized carbons (Fsp3) is 0.176. The van der Waals surface area contributed by atoms with E-state index < -0.39 is 0 Å². The number of anilines is 1. The summed E-state index contributed by atoms with van der Waals surface area (Å²) >= 11 is 0. The molecule has 4 heteroatoms. The third-order valence-corrected chi connectivity index (χ3v) is 2.68. The molecule has 0 aromatic heterocycles. The number of benzene rings is 2. The highest BCUT2D eigenvalue weighted by Gasteiger charge is 2.01. The average molecular weight is 282 g/mol. The zero-order valence-corrected chi connectivity index (χ0v) is 11.7. The highest BCUT2D eigenvalue weighted by atomic mass is 16.5. The number of rotatable bonds is 7. The Balaban J connectivity index is 1.59. The maximum Gasteiger partial charge on any atom is 0.250 e. The monoisotopic (exact) mass is 282 g/mol. The van der Waals surface area contributed by atoms with Crippen molar-refractivity contribution in [2.75, 3.05) is 18.5 Å². The highest BCUT2D eigenvalue weighted by molar-refractivity contribution is 5.91. The molecule has 1 amide bonds. The summed E-state index contributed by atoms with van der Waals surface area (Å²) in [6, 6.07) is 19.0. The van der Waals surface area contributed by atoms with Gasteiger partial charge in [-0.25, -0.2) is 0 Å². The molecule has 21 heavy (non-hydrogen) atoms. The second-order valence-corrected chi connectivity index (χ2v) is 4.40. The Bertz CT molecular complexity index is 568. The van der Waals surface area contributed by atoms with Crippen molar-refractivity contribution < 1.29 is 9.53 Å². The SMILES string of the molecule is O=C(COCCC=Nc1ccccc1)Nc1ccccc1. The van der Waals surface area contributed by atoms with Crippen LogP contribution in [0, 0.1) is 0 Å². The van der Waals surface area contributed by atoms with Crippen LogP contribution in [0.5, 0.6) is 0 Å². The number of ether oxygens (including phenoxy) is 1. The number of aliphatic imine (C=N–C) groups is 1. The van der Waals surface area contributed by atoms with Gasteiger partial charge in [0.25, 0.3) is 0 Å². The summed E-state index contributed by atoms with van der Waals surface area (Å²) in [5.74, 6) is -0.152. The van der Waals surface area contributed by atoms with Gasteiger partial charge in [-0.2, -0.15) is 0 Å². The van der Waals surface area contributed by atoms with Crippen LogP contribution < -0.4 is 5.32 Å². The van der Waals surface area contributed by atoms with Crippen molar-refractivity contribution in [3.63, 3.8) is 0 Å². The Labute approximate surface area is 124 Å². The van der Waals surface area contributed by atoms with Crippen LogP contribution in [0.3, 0.4) is 0 Å². The van der Waals surface area contributed by atoms with Crippen LogP contribution in [0.4, 0.5) is 11.4 Å². The summed E-state index contributed by atoms with van der Waals surface area (Å²) in [5.41, 5.74) is 1.69. The smallest absolute Gasteiger partial charge is 0.250 e. The molecule has 2 aromatic carbocycles. The summed E-state index contributed by atoms with van der Waals surface area (Å²) in [5, 5.41) is 2.76. The largest absolute Gasteiger partial charge is 0.371 e. The molecule has 1 N–H and O–H groups in total. The average Bonchev–Trinajstić information content (AvgIpc) is 2.53. The topological polar surface area (TPSA) is 50.7 Å². The molecule has 0 aliphatic rings. The number of carbonyl (C=O) groups excluding carboxylic acids is 1. The van der Waals surface area contributed by atoms with E-state index in [1.54, 1.807) is 6.21 Å². The zero-order chi connectivity index (χ0) is 14.8.